The number of nitrogens with zero attached hydrogens (tertiary/aromatic N) is 4. The molecule has 168 valence electrons. The number of carbonyl (C=O) groups is 1. The molecule has 0 spiro atoms. The van der Waals surface area contributed by atoms with Crippen LogP contribution in [0.15, 0.2) is 54.7 Å². The first-order valence-electron chi connectivity index (χ1n) is 10.4. The van der Waals surface area contributed by atoms with Gasteiger partial charge in [-0.05, 0) is 61.2 Å². The minimum absolute atomic E-state index is 0.0959. The Morgan fingerprint density at radius 3 is 2.38 bits per heavy atom. The Kier molecular flexibility index (Phi) is 7.40. The maximum Gasteiger partial charge on any atom is 0.367 e. The number of carboxylic acid groups (broad SMARTS) is 1. The average molecular weight is 452 g/mol. The van der Waals surface area contributed by atoms with Crippen molar-refractivity contribution in [3.63, 3.8) is 0 Å². The number of benzene rings is 2. The van der Waals surface area contributed by atoms with Gasteiger partial charge in [0.15, 0.2) is 0 Å². The predicted molar refractivity (Wildman–Crippen MR) is 122 cm³/mol. The molecule has 34 heavy (non-hydrogen) atoms. The van der Waals surface area contributed by atoms with E-state index in [0.717, 1.165) is 16.5 Å². The first-order valence-corrected chi connectivity index (χ1v) is 10.4. The van der Waals surface area contributed by atoms with Crippen LogP contribution in [0.3, 0.4) is 0 Å². The molecule has 0 radical (unpaired) electrons. The summed E-state index contributed by atoms with van der Waals surface area (Å²) >= 11 is 0. The molecule has 0 saturated carbocycles. The van der Waals surface area contributed by atoms with Crippen LogP contribution in [0.4, 0.5) is 0 Å². The molecule has 0 bridgehead atoms. The van der Waals surface area contributed by atoms with E-state index in [1.54, 1.807) is 53.2 Å². The molecular formula is C26H20N4O4. The second-order valence-electron chi connectivity index (χ2n) is 7.47. The number of nitriles is 3. The number of ether oxygens (including phenoxy) is 2. The van der Waals surface area contributed by atoms with E-state index in [1.165, 1.54) is 0 Å². The van der Waals surface area contributed by atoms with Crippen LogP contribution in [0.1, 0.15) is 25.3 Å². The normalized spacial score (nSPS) is 11.2. The van der Waals surface area contributed by atoms with Crippen LogP contribution < -0.4 is 9.47 Å². The number of hydrogen-bond acceptors (Lipinski definition) is 6. The van der Waals surface area contributed by atoms with Gasteiger partial charge in [-0.15, -0.1) is 0 Å². The van der Waals surface area contributed by atoms with Crippen molar-refractivity contribution in [3.8, 4) is 41.5 Å². The molecule has 3 aromatic rings. The monoisotopic (exact) mass is 452 g/mol. The third-order valence-corrected chi connectivity index (χ3v) is 4.89. The fourth-order valence-corrected chi connectivity index (χ4v) is 3.18. The zero-order valence-electron chi connectivity index (χ0n) is 18.4. The summed E-state index contributed by atoms with van der Waals surface area (Å²) < 4.78 is 12.8. The Hall–Kier alpha value is -4.92. The predicted octanol–water partition coefficient (Wildman–Crippen LogP) is 4.01. The summed E-state index contributed by atoms with van der Waals surface area (Å²) in [6.45, 7) is 1.83. The fourth-order valence-electron chi connectivity index (χ4n) is 3.18. The Bertz CT molecular complexity index is 1340. The topological polar surface area (TPSA) is 132 Å². The van der Waals surface area contributed by atoms with Crippen molar-refractivity contribution in [1.29, 1.82) is 15.8 Å². The molecule has 0 aliphatic carbocycles. The zero-order chi connectivity index (χ0) is 24.6. The fraction of sp³-hybridized carbons (Fsp3) is 0.231. The molecule has 1 aromatic heterocycles. The van der Waals surface area contributed by atoms with Gasteiger partial charge in [-0.3, -0.25) is 4.79 Å². The number of hydrogen-bond donors (Lipinski definition) is 1. The molecule has 0 aliphatic rings. The highest BCUT2D eigenvalue weighted by Gasteiger charge is 2.32. The molecule has 2 aromatic carbocycles. The van der Waals surface area contributed by atoms with Crippen LogP contribution in [-0.2, 0) is 11.3 Å². The SMILES string of the molecule is CC(CCC#Cc1ccc(OC(C#N)(C#N)C#N)cc1)Oc1ccc2ccn(CC(=O)O)c2c1. The van der Waals surface area contributed by atoms with E-state index in [0.29, 0.717) is 18.6 Å². The Morgan fingerprint density at radius 1 is 1.06 bits per heavy atom. The molecule has 0 fully saturated rings. The largest absolute Gasteiger partial charge is 0.491 e. The second-order valence-corrected chi connectivity index (χ2v) is 7.47. The summed E-state index contributed by atoms with van der Waals surface area (Å²) in [6.07, 6.45) is 2.93. The molecule has 1 heterocycles. The van der Waals surface area contributed by atoms with Crippen LogP contribution in [-0.4, -0.2) is 27.3 Å². The lowest BCUT2D eigenvalue weighted by molar-refractivity contribution is -0.137. The van der Waals surface area contributed by atoms with Crippen molar-refractivity contribution in [2.24, 2.45) is 0 Å². The van der Waals surface area contributed by atoms with Crippen molar-refractivity contribution in [2.75, 3.05) is 0 Å². The van der Waals surface area contributed by atoms with Crippen LogP contribution in [0, 0.1) is 45.8 Å². The zero-order valence-corrected chi connectivity index (χ0v) is 18.4. The van der Waals surface area contributed by atoms with Gasteiger partial charge in [-0.25, -0.2) is 0 Å². The number of rotatable bonds is 8. The number of carboxylic acids is 1. The van der Waals surface area contributed by atoms with Crippen LogP contribution in [0.2, 0.25) is 0 Å². The maximum atomic E-state index is 11.0. The van der Waals surface area contributed by atoms with Gasteiger partial charge < -0.3 is 19.1 Å². The van der Waals surface area contributed by atoms with Crippen molar-refractivity contribution >= 4 is 16.9 Å². The number of aliphatic carboxylic acids is 1. The molecular weight excluding hydrogens is 432 g/mol. The summed E-state index contributed by atoms with van der Waals surface area (Å²) in [7, 11) is 0. The summed E-state index contributed by atoms with van der Waals surface area (Å²) in [5.74, 6) is 6.09. The summed E-state index contributed by atoms with van der Waals surface area (Å²) in [5, 5.41) is 36.9. The minimum atomic E-state index is -2.17. The number of fused-ring (bicyclic) bond motifs is 1. The lowest BCUT2D eigenvalue weighted by Gasteiger charge is -2.14. The highest BCUT2D eigenvalue weighted by molar-refractivity contribution is 5.83. The first-order chi connectivity index (χ1) is 16.4. The molecule has 1 N–H and O–H groups in total. The quantitative estimate of drug-likeness (QED) is 0.511. The third-order valence-electron chi connectivity index (χ3n) is 4.89. The highest BCUT2D eigenvalue weighted by Crippen LogP contribution is 2.23. The lowest BCUT2D eigenvalue weighted by atomic mass is 10.1. The van der Waals surface area contributed by atoms with Crippen molar-refractivity contribution < 1.29 is 19.4 Å². The summed E-state index contributed by atoms with van der Waals surface area (Å²) in [4.78, 5) is 11.0. The van der Waals surface area contributed by atoms with Crippen molar-refractivity contribution in [3.05, 3.63) is 60.3 Å². The maximum absolute atomic E-state index is 11.0. The first kappa shape index (κ1) is 23.7. The van der Waals surface area contributed by atoms with Gasteiger partial charge in [-0.1, -0.05) is 11.8 Å². The molecule has 1 unspecified atom stereocenters. The van der Waals surface area contributed by atoms with Crippen LogP contribution in [0.5, 0.6) is 11.5 Å². The second kappa shape index (κ2) is 10.6. The lowest BCUT2D eigenvalue weighted by Crippen LogP contribution is -2.30. The van der Waals surface area contributed by atoms with Crippen LogP contribution >= 0.6 is 0 Å². The number of aromatic nitrogens is 1. The minimum Gasteiger partial charge on any atom is -0.491 e. The highest BCUT2D eigenvalue weighted by atomic mass is 16.5. The molecule has 0 amide bonds. The van der Waals surface area contributed by atoms with E-state index in [4.69, 9.17) is 30.4 Å². The van der Waals surface area contributed by atoms with Crippen molar-refractivity contribution in [2.45, 2.75) is 38.0 Å². The van der Waals surface area contributed by atoms with Gasteiger partial charge >= 0.3 is 11.6 Å². The van der Waals surface area contributed by atoms with Gasteiger partial charge in [0.2, 0.25) is 0 Å². The molecule has 0 saturated heterocycles. The van der Waals surface area contributed by atoms with Gasteiger partial charge in [0, 0.05) is 24.2 Å². The summed E-state index contributed by atoms with van der Waals surface area (Å²) in [6, 6.07) is 18.6. The Morgan fingerprint density at radius 2 is 1.74 bits per heavy atom. The molecule has 8 nitrogen and oxygen atoms in total. The van der Waals surface area contributed by atoms with Crippen LogP contribution in [0.25, 0.3) is 10.9 Å². The van der Waals surface area contributed by atoms with E-state index in [1.807, 2.05) is 31.2 Å². The smallest absolute Gasteiger partial charge is 0.367 e. The van der Waals surface area contributed by atoms with Gasteiger partial charge in [0.05, 0.1) is 11.6 Å². The van der Waals surface area contributed by atoms with E-state index < -0.39 is 11.6 Å². The summed E-state index contributed by atoms with van der Waals surface area (Å²) in [5.41, 5.74) is -0.648. The Balaban J connectivity index is 1.54. The molecule has 3 rings (SSSR count). The van der Waals surface area contributed by atoms with Crippen molar-refractivity contribution in [1.82, 2.24) is 4.57 Å². The average Bonchev–Trinajstić information content (AvgIpc) is 3.22. The third kappa shape index (κ3) is 5.86. The van der Waals surface area contributed by atoms with Gasteiger partial charge in [-0.2, -0.15) is 15.8 Å². The Labute approximate surface area is 196 Å². The molecule has 8 heteroatoms. The van der Waals surface area contributed by atoms with Gasteiger partial charge in [0.25, 0.3) is 0 Å². The molecule has 0 aliphatic heterocycles. The van der Waals surface area contributed by atoms with E-state index in [-0.39, 0.29) is 18.4 Å². The van der Waals surface area contributed by atoms with E-state index in [9.17, 15) is 4.79 Å². The molecule has 1 atom stereocenters. The van der Waals surface area contributed by atoms with E-state index in [2.05, 4.69) is 11.8 Å². The standard InChI is InChI=1S/C26H20N4O4/c1-19(33-23-11-8-21-12-13-30(15-25(31)32)24(21)14-23)4-2-3-5-20-6-9-22(10-7-20)34-26(16-27,17-28)18-29/h6-14,19H,2,4,15H2,1H3,(H,31,32). The van der Waals surface area contributed by atoms with E-state index >= 15 is 0 Å². The van der Waals surface area contributed by atoms with Gasteiger partial charge in [0.1, 0.15) is 36.3 Å².